The predicted octanol–water partition coefficient (Wildman–Crippen LogP) is 1.36. The molecule has 3 atom stereocenters. The van der Waals surface area contributed by atoms with Crippen molar-refractivity contribution in [2.75, 3.05) is 14.2 Å². The number of carbonyl (C=O) groups excluding carboxylic acids is 3. The summed E-state index contributed by atoms with van der Waals surface area (Å²) in [6, 6.07) is 14.1. The van der Waals surface area contributed by atoms with Crippen LogP contribution in [0.3, 0.4) is 0 Å². The molecular formula is C25H31N3O6. The first-order chi connectivity index (χ1) is 16.4. The maximum atomic E-state index is 13.3. The van der Waals surface area contributed by atoms with Gasteiger partial charge in [0, 0.05) is 5.56 Å². The topological polar surface area (TPSA) is 126 Å². The van der Waals surface area contributed by atoms with Gasteiger partial charge < -0.3 is 20.5 Å². The van der Waals surface area contributed by atoms with Gasteiger partial charge >= 0.3 is 0 Å². The predicted molar refractivity (Wildman–Crippen MR) is 125 cm³/mol. The van der Waals surface area contributed by atoms with E-state index in [-0.39, 0.29) is 6.42 Å². The Morgan fingerprint density at radius 1 is 1.00 bits per heavy atom. The molecule has 0 aromatic heterocycles. The number of hydroxylamine groups is 1. The lowest BCUT2D eigenvalue weighted by atomic mass is 9.99. The Bertz CT molecular complexity index is 980. The molecule has 1 aliphatic carbocycles. The van der Waals surface area contributed by atoms with Gasteiger partial charge in [-0.05, 0) is 42.5 Å². The van der Waals surface area contributed by atoms with Crippen molar-refractivity contribution in [1.29, 1.82) is 0 Å². The zero-order valence-electron chi connectivity index (χ0n) is 19.3. The number of amides is 3. The minimum atomic E-state index is -1.56. The Kier molecular flexibility index (Phi) is 9.00. The maximum absolute atomic E-state index is 13.3. The van der Waals surface area contributed by atoms with Crippen LogP contribution in [0.1, 0.15) is 35.2 Å². The highest BCUT2D eigenvalue weighted by Crippen LogP contribution is 2.33. The van der Waals surface area contributed by atoms with Gasteiger partial charge in [0.1, 0.15) is 11.8 Å². The fourth-order valence-corrected chi connectivity index (χ4v) is 3.66. The van der Waals surface area contributed by atoms with Crippen molar-refractivity contribution in [3.8, 4) is 5.75 Å². The summed E-state index contributed by atoms with van der Waals surface area (Å²) in [6.45, 7) is 0. The van der Waals surface area contributed by atoms with Gasteiger partial charge in [0.05, 0.1) is 20.3 Å². The Balaban J connectivity index is 1.75. The van der Waals surface area contributed by atoms with Crippen molar-refractivity contribution in [1.82, 2.24) is 16.1 Å². The van der Waals surface area contributed by atoms with E-state index in [2.05, 4.69) is 21.0 Å². The smallest absolute Gasteiger partial charge is 0.274 e. The molecule has 0 saturated heterocycles. The Labute approximate surface area is 198 Å². The number of benzene rings is 2. The van der Waals surface area contributed by atoms with Crippen LogP contribution in [0.2, 0.25) is 0 Å². The molecule has 0 spiro atoms. The summed E-state index contributed by atoms with van der Waals surface area (Å²) in [5, 5.41) is 16.2. The normalized spacial score (nSPS) is 15.5. The van der Waals surface area contributed by atoms with Crippen LogP contribution in [0, 0.1) is 5.92 Å². The van der Waals surface area contributed by atoms with Gasteiger partial charge in [-0.2, -0.15) is 0 Å². The summed E-state index contributed by atoms with van der Waals surface area (Å²) in [5.74, 6) is -0.769. The highest BCUT2D eigenvalue weighted by atomic mass is 16.6. The van der Waals surface area contributed by atoms with E-state index in [0.29, 0.717) is 23.7 Å². The van der Waals surface area contributed by atoms with Gasteiger partial charge in [0.15, 0.2) is 6.10 Å². The lowest BCUT2D eigenvalue weighted by molar-refractivity contribution is -0.142. The van der Waals surface area contributed by atoms with E-state index in [1.807, 2.05) is 30.3 Å². The van der Waals surface area contributed by atoms with Crippen LogP contribution in [0.5, 0.6) is 5.75 Å². The summed E-state index contributed by atoms with van der Waals surface area (Å²) in [7, 11) is 2.77. The van der Waals surface area contributed by atoms with E-state index < -0.39 is 35.9 Å². The first-order valence-electron chi connectivity index (χ1n) is 11.2. The second-order valence-electron chi connectivity index (χ2n) is 8.36. The van der Waals surface area contributed by atoms with E-state index in [0.717, 1.165) is 18.4 Å². The van der Waals surface area contributed by atoms with Crippen molar-refractivity contribution in [3.05, 3.63) is 65.7 Å². The van der Waals surface area contributed by atoms with Crippen LogP contribution in [-0.2, 0) is 20.8 Å². The molecule has 3 rings (SSSR count). The highest BCUT2D eigenvalue weighted by Gasteiger charge is 2.34. The summed E-state index contributed by atoms with van der Waals surface area (Å²) >= 11 is 0. The molecule has 0 heterocycles. The molecule has 0 bridgehead atoms. The molecule has 0 radical (unpaired) electrons. The van der Waals surface area contributed by atoms with Crippen molar-refractivity contribution < 1.29 is 29.1 Å². The summed E-state index contributed by atoms with van der Waals surface area (Å²) < 4.78 is 5.17. The number of ether oxygens (including phenoxy) is 1. The third kappa shape index (κ3) is 7.29. The van der Waals surface area contributed by atoms with Crippen LogP contribution in [0.4, 0.5) is 0 Å². The minimum Gasteiger partial charge on any atom is -0.497 e. The molecule has 34 heavy (non-hydrogen) atoms. The van der Waals surface area contributed by atoms with E-state index in [1.54, 1.807) is 24.3 Å². The molecule has 3 unspecified atom stereocenters. The monoisotopic (exact) mass is 469 g/mol. The van der Waals surface area contributed by atoms with Gasteiger partial charge in [0.2, 0.25) is 5.91 Å². The first kappa shape index (κ1) is 25.2. The molecule has 1 saturated carbocycles. The summed E-state index contributed by atoms with van der Waals surface area (Å²) in [6.07, 6.45) is 1.11. The molecule has 182 valence electrons. The number of hydrogen-bond donors (Lipinski definition) is 4. The number of carbonyl (C=O) groups is 3. The standard InChI is InChI=1S/C25H31N3O6/c1-33-19-10-6-9-18(15-19)23(30)27-21(14-17-11-12-17)24(31)26-20(22(29)25(32)28-34-2)13-16-7-4-3-5-8-16/h3-10,15,17,20-22,29H,11-14H2,1-2H3,(H,26,31)(H,27,30)(H,28,32). The first-order valence-corrected chi connectivity index (χ1v) is 11.2. The average Bonchev–Trinajstić information content (AvgIpc) is 3.67. The second kappa shape index (κ2) is 12.2. The van der Waals surface area contributed by atoms with Gasteiger partial charge in [-0.3, -0.25) is 19.2 Å². The molecular weight excluding hydrogens is 438 g/mol. The van der Waals surface area contributed by atoms with Crippen LogP contribution >= 0.6 is 0 Å². The number of aliphatic hydroxyl groups excluding tert-OH is 1. The van der Waals surface area contributed by atoms with Crippen LogP contribution in [0.15, 0.2) is 54.6 Å². The van der Waals surface area contributed by atoms with Crippen molar-refractivity contribution in [2.45, 2.75) is 43.9 Å². The van der Waals surface area contributed by atoms with Crippen LogP contribution in [-0.4, -0.2) is 55.2 Å². The molecule has 0 aliphatic heterocycles. The molecule has 2 aromatic rings. The maximum Gasteiger partial charge on any atom is 0.274 e. The van der Waals surface area contributed by atoms with Crippen molar-refractivity contribution >= 4 is 17.7 Å². The minimum absolute atomic E-state index is 0.213. The average molecular weight is 470 g/mol. The van der Waals surface area contributed by atoms with E-state index >= 15 is 0 Å². The van der Waals surface area contributed by atoms with Crippen LogP contribution in [0.25, 0.3) is 0 Å². The lowest BCUT2D eigenvalue weighted by Gasteiger charge is -2.26. The van der Waals surface area contributed by atoms with Gasteiger partial charge in [-0.15, -0.1) is 0 Å². The van der Waals surface area contributed by atoms with E-state index in [1.165, 1.54) is 14.2 Å². The van der Waals surface area contributed by atoms with E-state index in [9.17, 15) is 19.5 Å². The van der Waals surface area contributed by atoms with Crippen molar-refractivity contribution in [3.63, 3.8) is 0 Å². The van der Waals surface area contributed by atoms with E-state index in [4.69, 9.17) is 4.74 Å². The molecule has 3 amide bonds. The largest absolute Gasteiger partial charge is 0.497 e. The molecule has 1 aliphatic rings. The molecule has 9 heteroatoms. The van der Waals surface area contributed by atoms with Gasteiger partial charge in [-0.1, -0.05) is 49.2 Å². The third-order valence-electron chi connectivity index (χ3n) is 5.70. The molecule has 4 N–H and O–H groups in total. The fourth-order valence-electron chi connectivity index (χ4n) is 3.66. The molecule has 9 nitrogen and oxygen atoms in total. The SMILES string of the molecule is CONC(=O)C(O)C(Cc1ccccc1)NC(=O)C(CC1CC1)NC(=O)c1cccc(OC)c1. The number of methoxy groups -OCH3 is 1. The number of aliphatic hydroxyl groups is 1. The second-order valence-corrected chi connectivity index (χ2v) is 8.36. The lowest BCUT2D eigenvalue weighted by Crippen LogP contribution is -2.56. The molecule has 2 aromatic carbocycles. The zero-order valence-corrected chi connectivity index (χ0v) is 19.3. The fraction of sp³-hybridized carbons (Fsp3) is 0.400. The zero-order chi connectivity index (χ0) is 24.5. The summed E-state index contributed by atoms with van der Waals surface area (Å²) in [4.78, 5) is 43.0. The van der Waals surface area contributed by atoms with Crippen molar-refractivity contribution in [2.24, 2.45) is 5.92 Å². The Morgan fingerprint density at radius 2 is 1.74 bits per heavy atom. The quantitative estimate of drug-likeness (QED) is 0.348. The van der Waals surface area contributed by atoms with Gasteiger partial charge in [-0.25, -0.2) is 5.48 Å². The number of nitrogens with one attached hydrogen (secondary N) is 3. The Morgan fingerprint density at radius 3 is 2.38 bits per heavy atom. The highest BCUT2D eigenvalue weighted by molar-refractivity contribution is 5.98. The Hall–Kier alpha value is -3.43. The number of rotatable bonds is 12. The third-order valence-corrected chi connectivity index (χ3v) is 5.70. The van der Waals surface area contributed by atoms with Crippen LogP contribution < -0.4 is 20.9 Å². The van der Waals surface area contributed by atoms with Gasteiger partial charge in [0.25, 0.3) is 11.8 Å². The molecule has 1 fully saturated rings. The number of hydrogen-bond acceptors (Lipinski definition) is 6. The summed E-state index contributed by atoms with van der Waals surface area (Å²) in [5.41, 5.74) is 3.30.